The number of aromatic nitrogens is 1. The number of ketones is 1. The summed E-state index contributed by atoms with van der Waals surface area (Å²) in [5.74, 6) is -1.44. The molecule has 1 unspecified atom stereocenters. The Hall–Kier alpha value is -2.56. The normalized spacial score (nSPS) is 12.6. The van der Waals surface area contributed by atoms with Crippen molar-refractivity contribution in [1.29, 1.82) is 5.26 Å². The maximum Gasteiger partial charge on any atom is 0.244 e. The molecule has 2 rings (SSSR count). The summed E-state index contributed by atoms with van der Waals surface area (Å²) in [6.07, 6.45) is 1.21. The monoisotopic (exact) mass is 385 g/mol. The lowest BCUT2D eigenvalue weighted by Gasteiger charge is -2.18. The van der Waals surface area contributed by atoms with Gasteiger partial charge in [-0.2, -0.15) is 9.57 Å². The lowest BCUT2D eigenvalue weighted by molar-refractivity contribution is 0.0977. The Morgan fingerprint density at radius 3 is 2.30 bits per heavy atom. The zero-order valence-electron chi connectivity index (χ0n) is 15.9. The van der Waals surface area contributed by atoms with Gasteiger partial charge < -0.3 is 0 Å². The minimum Gasteiger partial charge on any atom is -0.292 e. The molecule has 0 aliphatic rings. The van der Waals surface area contributed by atoms with Crippen molar-refractivity contribution in [2.45, 2.75) is 38.5 Å². The Kier molecular flexibility index (Phi) is 6.47. The van der Waals surface area contributed by atoms with Crippen LogP contribution in [0.3, 0.4) is 0 Å². The van der Waals surface area contributed by atoms with E-state index in [9.17, 15) is 18.5 Å². The van der Waals surface area contributed by atoms with Crippen molar-refractivity contribution in [2.75, 3.05) is 13.1 Å². The van der Waals surface area contributed by atoms with Crippen LogP contribution < -0.4 is 0 Å². The van der Waals surface area contributed by atoms with Crippen LogP contribution in [-0.2, 0) is 10.0 Å². The minimum atomic E-state index is -3.63. The van der Waals surface area contributed by atoms with E-state index in [1.165, 1.54) is 22.6 Å². The van der Waals surface area contributed by atoms with Crippen LogP contribution in [0.2, 0.25) is 0 Å². The van der Waals surface area contributed by atoms with Gasteiger partial charge in [0.1, 0.15) is 4.90 Å². The number of hydrogen-bond donors (Lipinski definition) is 0. The Balaban J connectivity index is 2.35. The Labute approximate surface area is 160 Å². The number of pyridine rings is 1. The molecule has 7 heteroatoms. The lowest BCUT2D eigenvalue weighted by Crippen LogP contribution is -2.30. The molecular formula is C20H23N3O3S. The van der Waals surface area contributed by atoms with Crippen molar-refractivity contribution in [3.05, 3.63) is 58.9 Å². The zero-order valence-corrected chi connectivity index (χ0v) is 16.7. The van der Waals surface area contributed by atoms with E-state index in [4.69, 9.17) is 0 Å². The highest BCUT2D eigenvalue weighted by Crippen LogP contribution is 2.22. The number of nitriles is 1. The molecule has 0 aliphatic heterocycles. The number of rotatable bonds is 7. The first kappa shape index (κ1) is 20.7. The highest BCUT2D eigenvalue weighted by molar-refractivity contribution is 7.89. The standard InChI is InChI=1S/C20H23N3O3S/c1-5-23(6-2)27(25,26)17-9-10-19(22-13-17)18(12-21)20(24)16-8-7-14(3)15(4)11-16/h7-11,13,18H,5-6H2,1-4H3. The quantitative estimate of drug-likeness (QED) is 0.683. The molecule has 1 aromatic carbocycles. The molecule has 0 saturated carbocycles. The van der Waals surface area contributed by atoms with Crippen molar-refractivity contribution >= 4 is 15.8 Å². The molecule has 1 heterocycles. The van der Waals surface area contributed by atoms with Crippen LogP contribution >= 0.6 is 0 Å². The highest BCUT2D eigenvalue weighted by Gasteiger charge is 2.26. The van der Waals surface area contributed by atoms with Gasteiger partial charge in [-0.25, -0.2) is 8.42 Å². The average molecular weight is 385 g/mol. The van der Waals surface area contributed by atoms with E-state index in [2.05, 4.69) is 4.98 Å². The van der Waals surface area contributed by atoms with Crippen molar-refractivity contribution in [1.82, 2.24) is 9.29 Å². The van der Waals surface area contributed by atoms with Gasteiger partial charge in [0, 0.05) is 24.8 Å². The maximum atomic E-state index is 12.7. The van der Waals surface area contributed by atoms with Gasteiger partial charge in [-0.15, -0.1) is 0 Å². The van der Waals surface area contributed by atoms with E-state index in [1.54, 1.807) is 26.0 Å². The smallest absolute Gasteiger partial charge is 0.244 e. The molecular weight excluding hydrogens is 362 g/mol. The predicted molar refractivity (Wildman–Crippen MR) is 103 cm³/mol. The Morgan fingerprint density at radius 1 is 1.15 bits per heavy atom. The van der Waals surface area contributed by atoms with Gasteiger partial charge in [0.15, 0.2) is 11.7 Å². The number of sulfonamides is 1. The second kappa shape index (κ2) is 8.42. The number of nitrogens with zero attached hydrogens (tertiary/aromatic N) is 3. The molecule has 0 fully saturated rings. The topological polar surface area (TPSA) is 91.1 Å². The van der Waals surface area contributed by atoms with Gasteiger partial charge in [-0.1, -0.05) is 26.0 Å². The van der Waals surface area contributed by atoms with Crippen LogP contribution in [-0.4, -0.2) is 36.6 Å². The van der Waals surface area contributed by atoms with Crippen molar-refractivity contribution < 1.29 is 13.2 Å². The summed E-state index contributed by atoms with van der Waals surface area (Å²) >= 11 is 0. The third-order valence-electron chi connectivity index (χ3n) is 4.58. The fourth-order valence-corrected chi connectivity index (χ4v) is 4.15. The molecule has 1 atom stereocenters. The summed E-state index contributed by atoms with van der Waals surface area (Å²) in [6, 6.07) is 10.1. The van der Waals surface area contributed by atoms with Gasteiger partial charge in [0.2, 0.25) is 10.0 Å². The molecule has 6 nitrogen and oxygen atoms in total. The summed E-state index contributed by atoms with van der Waals surface area (Å²) < 4.78 is 26.4. The first-order chi connectivity index (χ1) is 12.8. The van der Waals surface area contributed by atoms with E-state index < -0.39 is 15.9 Å². The SMILES string of the molecule is CCN(CC)S(=O)(=O)c1ccc(C(C#N)C(=O)c2ccc(C)c(C)c2)nc1. The predicted octanol–water partition coefficient (Wildman–Crippen LogP) is 3.22. The van der Waals surface area contributed by atoms with Gasteiger partial charge in [-0.3, -0.25) is 9.78 Å². The van der Waals surface area contributed by atoms with Crippen LogP contribution in [0.1, 0.15) is 46.9 Å². The molecule has 0 N–H and O–H groups in total. The number of carbonyl (C=O) groups is 1. The Bertz CT molecular complexity index is 973. The zero-order chi connectivity index (χ0) is 20.2. The number of hydrogen-bond acceptors (Lipinski definition) is 5. The molecule has 0 saturated heterocycles. The molecule has 142 valence electrons. The fourth-order valence-electron chi connectivity index (χ4n) is 2.75. The molecule has 0 radical (unpaired) electrons. The largest absolute Gasteiger partial charge is 0.292 e. The summed E-state index contributed by atoms with van der Waals surface area (Å²) in [6.45, 7) is 8.08. The third-order valence-corrected chi connectivity index (χ3v) is 6.61. The van der Waals surface area contributed by atoms with Crippen LogP contribution in [0.5, 0.6) is 0 Å². The summed E-state index contributed by atoms with van der Waals surface area (Å²) in [7, 11) is -3.63. The summed E-state index contributed by atoms with van der Waals surface area (Å²) in [4.78, 5) is 16.9. The van der Waals surface area contributed by atoms with Crippen molar-refractivity contribution in [3.8, 4) is 6.07 Å². The molecule has 1 aromatic heterocycles. The van der Waals surface area contributed by atoms with Crippen LogP contribution in [0.25, 0.3) is 0 Å². The molecule has 0 bridgehead atoms. The van der Waals surface area contributed by atoms with E-state index in [1.807, 2.05) is 26.0 Å². The van der Waals surface area contributed by atoms with Crippen molar-refractivity contribution in [2.24, 2.45) is 0 Å². The number of benzene rings is 1. The molecule has 0 aliphatic carbocycles. The first-order valence-electron chi connectivity index (χ1n) is 8.73. The number of Topliss-reactive ketones (excluding diaryl/α,β-unsaturated/α-hetero) is 1. The van der Waals surface area contributed by atoms with Crippen molar-refractivity contribution in [3.63, 3.8) is 0 Å². The van der Waals surface area contributed by atoms with Gasteiger partial charge in [0.05, 0.1) is 11.8 Å². The first-order valence-corrected chi connectivity index (χ1v) is 10.2. The highest BCUT2D eigenvalue weighted by atomic mass is 32.2. The summed E-state index contributed by atoms with van der Waals surface area (Å²) in [5, 5.41) is 9.49. The van der Waals surface area contributed by atoms with Crippen LogP contribution in [0, 0.1) is 25.2 Å². The average Bonchev–Trinajstić information content (AvgIpc) is 2.65. The number of carbonyl (C=O) groups excluding carboxylic acids is 1. The molecule has 2 aromatic rings. The van der Waals surface area contributed by atoms with Crippen LogP contribution in [0.15, 0.2) is 41.4 Å². The molecule has 27 heavy (non-hydrogen) atoms. The van der Waals surface area contributed by atoms with E-state index in [-0.39, 0.29) is 16.4 Å². The van der Waals surface area contributed by atoms with Gasteiger partial charge in [0.25, 0.3) is 0 Å². The van der Waals surface area contributed by atoms with E-state index >= 15 is 0 Å². The van der Waals surface area contributed by atoms with Crippen LogP contribution in [0.4, 0.5) is 0 Å². The molecule has 0 spiro atoms. The number of aryl methyl sites for hydroxylation is 2. The second-order valence-corrected chi connectivity index (χ2v) is 8.17. The Morgan fingerprint density at radius 2 is 1.81 bits per heavy atom. The fraction of sp³-hybridized carbons (Fsp3) is 0.350. The maximum absolute atomic E-state index is 12.7. The van der Waals surface area contributed by atoms with E-state index in [0.717, 1.165) is 11.1 Å². The second-order valence-electron chi connectivity index (χ2n) is 6.23. The van der Waals surface area contributed by atoms with Gasteiger partial charge in [-0.05, 0) is 43.2 Å². The van der Waals surface area contributed by atoms with E-state index in [0.29, 0.717) is 18.7 Å². The molecule has 0 amide bonds. The third kappa shape index (κ3) is 4.24. The lowest BCUT2D eigenvalue weighted by atomic mass is 9.93. The van der Waals surface area contributed by atoms with Gasteiger partial charge >= 0.3 is 0 Å². The summed E-state index contributed by atoms with van der Waals surface area (Å²) in [5.41, 5.74) is 2.70. The minimum absolute atomic E-state index is 0.0465.